The van der Waals surface area contributed by atoms with Gasteiger partial charge in [0, 0.05) is 6.54 Å². The van der Waals surface area contributed by atoms with Crippen LogP contribution in [-0.2, 0) is 16.9 Å². The number of rotatable bonds is 4. The van der Waals surface area contributed by atoms with Gasteiger partial charge in [-0.2, -0.15) is 5.10 Å². The van der Waals surface area contributed by atoms with E-state index in [-0.39, 0.29) is 11.9 Å². The third kappa shape index (κ3) is 2.62. The number of carbonyl (C=O) groups excluding carboxylic acids is 2. The lowest BCUT2D eigenvalue weighted by Gasteiger charge is -2.32. The van der Waals surface area contributed by atoms with Crippen LogP contribution in [-0.4, -0.2) is 23.1 Å². The molecular formula is C18H18N4O2. The molecule has 0 radical (unpaired) electrons. The van der Waals surface area contributed by atoms with Crippen molar-refractivity contribution in [2.75, 3.05) is 0 Å². The van der Waals surface area contributed by atoms with Crippen molar-refractivity contribution < 1.29 is 9.59 Å². The van der Waals surface area contributed by atoms with Crippen LogP contribution in [0.1, 0.15) is 23.6 Å². The second-order valence-corrected chi connectivity index (χ2v) is 5.80. The van der Waals surface area contributed by atoms with Gasteiger partial charge in [0.05, 0.1) is 6.21 Å². The molecule has 1 saturated heterocycles. The molecular weight excluding hydrogens is 304 g/mol. The standard InChI is InChI=1S/C18H18N4O2/c1-18(15-9-7-13(8-10-15)11-20-19)16(23)21-17(24)22(18)12-14-5-3-2-4-6-14/h2-11H,12,19H2,1H3,(H,21,23,24)/t18-/m0/s1. The fourth-order valence-corrected chi connectivity index (χ4v) is 2.87. The zero-order valence-electron chi connectivity index (χ0n) is 13.3. The number of hydrogen-bond donors (Lipinski definition) is 2. The minimum absolute atomic E-state index is 0.330. The highest BCUT2D eigenvalue weighted by Crippen LogP contribution is 2.34. The fraction of sp³-hybridized carbons (Fsp3) is 0.167. The highest BCUT2D eigenvalue weighted by Gasteiger charge is 2.50. The van der Waals surface area contributed by atoms with Gasteiger partial charge in [-0.25, -0.2) is 4.79 Å². The van der Waals surface area contributed by atoms with E-state index in [0.717, 1.165) is 16.7 Å². The van der Waals surface area contributed by atoms with Gasteiger partial charge in [0.15, 0.2) is 0 Å². The van der Waals surface area contributed by atoms with E-state index in [1.165, 1.54) is 6.21 Å². The second-order valence-electron chi connectivity index (χ2n) is 5.80. The van der Waals surface area contributed by atoms with Gasteiger partial charge in [-0.1, -0.05) is 54.6 Å². The molecule has 0 spiro atoms. The number of nitrogens with one attached hydrogen (secondary N) is 1. The Balaban J connectivity index is 1.97. The summed E-state index contributed by atoms with van der Waals surface area (Å²) in [4.78, 5) is 26.4. The van der Waals surface area contributed by atoms with Crippen LogP contribution in [0.2, 0.25) is 0 Å². The van der Waals surface area contributed by atoms with Crippen molar-refractivity contribution in [1.82, 2.24) is 10.2 Å². The Morgan fingerprint density at radius 1 is 1.12 bits per heavy atom. The van der Waals surface area contributed by atoms with E-state index in [1.54, 1.807) is 11.8 Å². The number of carbonyl (C=O) groups is 2. The van der Waals surface area contributed by atoms with Crippen LogP contribution in [0.4, 0.5) is 4.79 Å². The third-order valence-corrected chi connectivity index (χ3v) is 4.33. The molecule has 3 rings (SSSR count). The quantitative estimate of drug-likeness (QED) is 0.390. The Morgan fingerprint density at radius 2 is 1.79 bits per heavy atom. The smallest absolute Gasteiger partial charge is 0.323 e. The van der Waals surface area contributed by atoms with Gasteiger partial charge in [-0.3, -0.25) is 10.1 Å². The Bertz CT molecular complexity index is 786. The van der Waals surface area contributed by atoms with Gasteiger partial charge in [0.2, 0.25) is 0 Å². The zero-order chi connectivity index (χ0) is 17.2. The zero-order valence-corrected chi connectivity index (χ0v) is 13.3. The first-order valence-corrected chi connectivity index (χ1v) is 7.56. The van der Waals surface area contributed by atoms with E-state index in [1.807, 2.05) is 54.6 Å². The van der Waals surface area contributed by atoms with Crippen LogP contribution < -0.4 is 11.2 Å². The summed E-state index contributed by atoms with van der Waals surface area (Å²) in [5.41, 5.74) is 1.45. The minimum Gasteiger partial charge on any atom is -0.323 e. The van der Waals surface area contributed by atoms with Crippen molar-refractivity contribution >= 4 is 18.2 Å². The van der Waals surface area contributed by atoms with Gasteiger partial charge in [0.25, 0.3) is 5.91 Å². The summed E-state index contributed by atoms with van der Waals surface area (Å²) in [5, 5.41) is 5.90. The Hall–Kier alpha value is -3.15. The van der Waals surface area contributed by atoms with Gasteiger partial charge < -0.3 is 10.7 Å². The maximum absolute atomic E-state index is 12.5. The molecule has 3 amide bonds. The average molecular weight is 322 g/mol. The molecule has 122 valence electrons. The number of benzene rings is 2. The average Bonchev–Trinajstić information content (AvgIpc) is 2.81. The van der Waals surface area contributed by atoms with E-state index in [4.69, 9.17) is 5.84 Å². The van der Waals surface area contributed by atoms with Gasteiger partial charge in [0.1, 0.15) is 5.54 Å². The number of amides is 3. The molecule has 1 aliphatic rings. The maximum Gasteiger partial charge on any atom is 0.325 e. The molecule has 0 unspecified atom stereocenters. The molecule has 3 N–H and O–H groups in total. The van der Waals surface area contributed by atoms with E-state index in [9.17, 15) is 9.59 Å². The summed E-state index contributed by atoms with van der Waals surface area (Å²) < 4.78 is 0. The van der Waals surface area contributed by atoms with Crippen LogP contribution in [0.15, 0.2) is 59.7 Å². The molecule has 0 aliphatic carbocycles. The predicted octanol–water partition coefficient (Wildman–Crippen LogP) is 1.95. The first-order valence-electron chi connectivity index (χ1n) is 7.56. The molecule has 0 aromatic heterocycles. The minimum atomic E-state index is -1.06. The van der Waals surface area contributed by atoms with E-state index in [2.05, 4.69) is 10.4 Å². The van der Waals surface area contributed by atoms with E-state index in [0.29, 0.717) is 6.54 Å². The third-order valence-electron chi connectivity index (χ3n) is 4.33. The van der Waals surface area contributed by atoms with Gasteiger partial charge in [-0.05, 0) is 23.6 Å². The predicted molar refractivity (Wildman–Crippen MR) is 91.1 cm³/mol. The first kappa shape index (κ1) is 15.7. The van der Waals surface area contributed by atoms with Crippen molar-refractivity contribution in [1.29, 1.82) is 0 Å². The Labute approximate surface area is 140 Å². The van der Waals surface area contributed by atoms with Crippen LogP contribution in [0, 0.1) is 0 Å². The van der Waals surface area contributed by atoms with Crippen molar-refractivity contribution in [3.8, 4) is 0 Å². The van der Waals surface area contributed by atoms with E-state index >= 15 is 0 Å². The molecule has 2 aromatic carbocycles. The lowest BCUT2D eigenvalue weighted by atomic mass is 9.89. The Kier molecular flexibility index (Phi) is 4.04. The topological polar surface area (TPSA) is 87.8 Å². The lowest BCUT2D eigenvalue weighted by Crippen LogP contribution is -2.43. The molecule has 0 bridgehead atoms. The summed E-state index contributed by atoms with van der Waals surface area (Å²) in [6.07, 6.45) is 1.52. The van der Waals surface area contributed by atoms with Crippen LogP contribution in [0.25, 0.3) is 0 Å². The number of hydrazone groups is 1. The number of nitrogens with zero attached hydrogens (tertiary/aromatic N) is 2. The van der Waals surface area contributed by atoms with Crippen LogP contribution >= 0.6 is 0 Å². The largest absolute Gasteiger partial charge is 0.325 e. The summed E-state index contributed by atoms with van der Waals surface area (Å²) >= 11 is 0. The molecule has 24 heavy (non-hydrogen) atoms. The Morgan fingerprint density at radius 3 is 2.42 bits per heavy atom. The summed E-state index contributed by atoms with van der Waals surface area (Å²) in [6.45, 7) is 2.10. The number of hydrogen-bond acceptors (Lipinski definition) is 4. The molecule has 1 atom stereocenters. The summed E-state index contributed by atoms with van der Waals surface area (Å²) in [6, 6.07) is 16.4. The summed E-state index contributed by atoms with van der Waals surface area (Å²) in [7, 11) is 0. The number of urea groups is 1. The second kappa shape index (κ2) is 6.16. The number of nitrogens with two attached hydrogens (primary N) is 1. The van der Waals surface area contributed by atoms with Crippen LogP contribution in [0.3, 0.4) is 0 Å². The molecule has 6 heteroatoms. The van der Waals surface area contributed by atoms with Crippen molar-refractivity contribution in [2.45, 2.75) is 19.0 Å². The highest BCUT2D eigenvalue weighted by atomic mass is 16.2. The van der Waals surface area contributed by atoms with Gasteiger partial charge >= 0.3 is 6.03 Å². The first-order chi connectivity index (χ1) is 11.6. The molecule has 1 fully saturated rings. The number of imide groups is 1. The molecule has 1 aliphatic heterocycles. The van der Waals surface area contributed by atoms with Crippen molar-refractivity contribution in [3.63, 3.8) is 0 Å². The highest BCUT2D eigenvalue weighted by molar-refractivity contribution is 6.07. The SMILES string of the molecule is C[C@]1(c2ccc(C=NN)cc2)C(=O)NC(=O)N1Cc1ccccc1. The molecule has 6 nitrogen and oxygen atoms in total. The normalized spacial score (nSPS) is 20.6. The monoisotopic (exact) mass is 322 g/mol. The van der Waals surface area contributed by atoms with E-state index < -0.39 is 5.54 Å². The van der Waals surface area contributed by atoms with Crippen molar-refractivity contribution in [2.24, 2.45) is 10.9 Å². The van der Waals surface area contributed by atoms with Crippen molar-refractivity contribution in [3.05, 3.63) is 71.3 Å². The summed E-state index contributed by atoms with van der Waals surface area (Å²) in [5.74, 6) is 4.82. The van der Waals surface area contributed by atoms with Crippen LogP contribution in [0.5, 0.6) is 0 Å². The van der Waals surface area contributed by atoms with Gasteiger partial charge in [-0.15, -0.1) is 0 Å². The maximum atomic E-state index is 12.5. The molecule has 0 saturated carbocycles. The fourth-order valence-electron chi connectivity index (χ4n) is 2.87. The molecule has 2 aromatic rings. The lowest BCUT2D eigenvalue weighted by molar-refractivity contribution is -0.126. The molecule has 1 heterocycles.